The normalized spacial score (nSPS) is 16.5. The number of hydrogen-bond donors (Lipinski definition) is 1. The Morgan fingerprint density at radius 1 is 0.871 bits per heavy atom. The Morgan fingerprint density at radius 3 is 2.55 bits per heavy atom. The summed E-state index contributed by atoms with van der Waals surface area (Å²) in [5.74, 6) is 0.569. The minimum absolute atomic E-state index is 0.569. The molecule has 1 aromatic heterocycles. The lowest BCUT2D eigenvalue weighted by atomic mass is 9.83. The van der Waals surface area contributed by atoms with E-state index in [0.717, 1.165) is 5.69 Å². The van der Waals surface area contributed by atoms with Crippen molar-refractivity contribution in [3.63, 3.8) is 0 Å². The zero-order chi connectivity index (χ0) is 20.8. The molecule has 1 N–H and O–H groups in total. The van der Waals surface area contributed by atoms with E-state index in [1.165, 1.54) is 80.9 Å². The molecule has 6 rings (SSSR count). The lowest BCUT2D eigenvalue weighted by Gasteiger charge is -2.24. The number of nitrogens with one attached hydrogen (secondary N) is 1. The van der Waals surface area contributed by atoms with E-state index in [9.17, 15) is 0 Å². The number of aromatic amines is 1. The van der Waals surface area contributed by atoms with Crippen molar-refractivity contribution in [2.24, 2.45) is 10.9 Å². The highest BCUT2D eigenvalue weighted by molar-refractivity contribution is 7.99. The van der Waals surface area contributed by atoms with Crippen LogP contribution in [-0.2, 0) is 0 Å². The van der Waals surface area contributed by atoms with Crippen LogP contribution in [0.15, 0.2) is 81.5 Å². The number of hydrogen-bond acceptors (Lipinski definition) is 2. The zero-order valence-corrected chi connectivity index (χ0v) is 18.6. The highest BCUT2D eigenvalue weighted by Gasteiger charge is 2.25. The first kappa shape index (κ1) is 18.9. The van der Waals surface area contributed by atoms with Crippen LogP contribution in [0.1, 0.15) is 43.2 Å². The Kier molecular flexibility index (Phi) is 4.72. The van der Waals surface area contributed by atoms with Crippen LogP contribution in [0.5, 0.6) is 0 Å². The number of para-hydroxylation sites is 1. The van der Waals surface area contributed by atoms with Gasteiger partial charge in [0.25, 0.3) is 0 Å². The topological polar surface area (TPSA) is 28.1 Å². The number of rotatable bonds is 2. The first-order valence-electron chi connectivity index (χ1n) is 11.4. The second-order valence-electron chi connectivity index (χ2n) is 8.78. The molecule has 0 saturated heterocycles. The summed E-state index contributed by atoms with van der Waals surface area (Å²) in [6.07, 6.45) is 6.52. The second kappa shape index (κ2) is 7.72. The van der Waals surface area contributed by atoms with Crippen LogP contribution >= 0.6 is 11.8 Å². The van der Waals surface area contributed by atoms with Gasteiger partial charge in [0.15, 0.2) is 0 Å². The fraction of sp³-hybridized carbons (Fsp3) is 0.250. The van der Waals surface area contributed by atoms with Gasteiger partial charge >= 0.3 is 0 Å². The van der Waals surface area contributed by atoms with Crippen LogP contribution < -0.4 is 0 Å². The van der Waals surface area contributed by atoms with Gasteiger partial charge < -0.3 is 4.98 Å². The van der Waals surface area contributed by atoms with Gasteiger partial charge in [-0.15, -0.1) is 0 Å². The molecule has 1 aliphatic carbocycles. The maximum absolute atomic E-state index is 5.36. The van der Waals surface area contributed by atoms with Gasteiger partial charge in [-0.2, -0.15) is 0 Å². The molecule has 154 valence electrons. The standard InChI is InChI=1S/C28H26N2S/c1-18-21-11-5-7-13-23(21)29-27(18)20-15-16-26-24(17-20)30-28(19-9-3-2-4-10-19)22-12-6-8-14-25(22)31-26/h5-8,11-17,19,29H,2-4,9-10H2,1H3. The van der Waals surface area contributed by atoms with Crippen molar-refractivity contribution in [3.8, 4) is 11.3 Å². The Balaban J connectivity index is 1.50. The summed E-state index contributed by atoms with van der Waals surface area (Å²) in [6, 6.07) is 24.2. The summed E-state index contributed by atoms with van der Waals surface area (Å²) >= 11 is 1.86. The average molecular weight is 423 g/mol. The maximum atomic E-state index is 5.36. The zero-order valence-electron chi connectivity index (χ0n) is 17.8. The van der Waals surface area contributed by atoms with Crippen molar-refractivity contribution >= 4 is 34.1 Å². The fourth-order valence-electron chi connectivity index (χ4n) is 5.18. The highest BCUT2D eigenvalue weighted by atomic mass is 32.2. The summed E-state index contributed by atoms with van der Waals surface area (Å²) < 4.78 is 0. The molecule has 1 aliphatic heterocycles. The predicted octanol–water partition coefficient (Wildman–Crippen LogP) is 8.31. The minimum Gasteiger partial charge on any atom is -0.354 e. The van der Waals surface area contributed by atoms with Crippen molar-refractivity contribution in [1.29, 1.82) is 0 Å². The molecular weight excluding hydrogens is 396 g/mol. The summed E-state index contributed by atoms with van der Waals surface area (Å²) in [7, 11) is 0. The second-order valence-corrected chi connectivity index (χ2v) is 9.87. The first-order valence-corrected chi connectivity index (χ1v) is 12.2. The number of benzene rings is 3. The van der Waals surface area contributed by atoms with Crippen LogP contribution in [0.25, 0.3) is 22.2 Å². The van der Waals surface area contributed by atoms with Gasteiger partial charge in [-0.1, -0.05) is 73.5 Å². The van der Waals surface area contributed by atoms with Crippen molar-refractivity contribution in [1.82, 2.24) is 4.98 Å². The molecule has 0 amide bonds. The summed E-state index contributed by atoms with van der Waals surface area (Å²) in [5, 5.41) is 1.29. The van der Waals surface area contributed by atoms with E-state index in [1.807, 2.05) is 11.8 Å². The lowest BCUT2D eigenvalue weighted by Crippen LogP contribution is -2.19. The van der Waals surface area contributed by atoms with Gasteiger partial charge in [0.2, 0.25) is 0 Å². The van der Waals surface area contributed by atoms with Crippen molar-refractivity contribution in [2.75, 3.05) is 0 Å². The highest BCUT2D eigenvalue weighted by Crippen LogP contribution is 2.44. The molecule has 2 aliphatic rings. The van der Waals surface area contributed by atoms with E-state index in [1.54, 1.807) is 0 Å². The smallest absolute Gasteiger partial charge is 0.0779 e. The van der Waals surface area contributed by atoms with Gasteiger partial charge in [-0.3, -0.25) is 4.99 Å². The molecule has 31 heavy (non-hydrogen) atoms. The first-order chi connectivity index (χ1) is 15.3. The van der Waals surface area contributed by atoms with E-state index in [4.69, 9.17) is 4.99 Å². The van der Waals surface area contributed by atoms with E-state index >= 15 is 0 Å². The molecule has 2 heterocycles. The van der Waals surface area contributed by atoms with Gasteiger partial charge in [-0.05, 0) is 49.6 Å². The van der Waals surface area contributed by atoms with Gasteiger partial charge in [0.05, 0.1) is 11.4 Å². The Hall–Kier alpha value is -2.78. The number of aryl methyl sites for hydroxylation is 1. The predicted molar refractivity (Wildman–Crippen MR) is 132 cm³/mol. The fourth-order valence-corrected chi connectivity index (χ4v) is 6.19. The van der Waals surface area contributed by atoms with Gasteiger partial charge in [0.1, 0.15) is 0 Å². The number of aliphatic imine (C=N–C) groups is 1. The van der Waals surface area contributed by atoms with Crippen LogP contribution in [0.3, 0.4) is 0 Å². The summed E-state index contributed by atoms with van der Waals surface area (Å²) in [5.41, 5.74) is 8.65. The lowest BCUT2D eigenvalue weighted by molar-refractivity contribution is 0.439. The number of H-pyrrole nitrogens is 1. The molecule has 2 nitrogen and oxygen atoms in total. The molecule has 3 heteroatoms. The largest absolute Gasteiger partial charge is 0.354 e. The van der Waals surface area contributed by atoms with Crippen molar-refractivity contribution in [2.45, 2.75) is 48.8 Å². The van der Waals surface area contributed by atoms with E-state index in [0.29, 0.717) is 5.92 Å². The Morgan fingerprint density at radius 2 is 1.68 bits per heavy atom. The van der Waals surface area contributed by atoms with Crippen LogP contribution in [0.4, 0.5) is 5.69 Å². The minimum atomic E-state index is 0.569. The van der Waals surface area contributed by atoms with Crippen molar-refractivity contribution in [3.05, 3.63) is 77.9 Å². The number of aromatic nitrogens is 1. The monoisotopic (exact) mass is 422 g/mol. The molecule has 0 spiro atoms. The summed E-state index contributed by atoms with van der Waals surface area (Å²) in [4.78, 5) is 11.6. The summed E-state index contributed by atoms with van der Waals surface area (Å²) in [6.45, 7) is 2.21. The third kappa shape index (κ3) is 3.32. The van der Waals surface area contributed by atoms with E-state index in [2.05, 4.69) is 78.6 Å². The molecule has 0 radical (unpaired) electrons. The van der Waals surface area contributed by atoms with Crippen LogP contribution in [0.2, 0.25) is 0 Å². The third-order valence-electron chi connectivity index (χ3n) is 6.83. The van der Waals surface area contributed by atoms with Gasteiger partial charge in [0, 0.05) is 43.4 Å². The average Bonchev–Trinajstić information content (AvgIpc) is 3.06. The van der Waals surface area contributed by atoms with Gasteiger partial charge in [-0.25, -0.2) is 0 Å². The molecule has 3 aromatic carbocycles. The number of nitrogens with zero attached hydrogens (tertiary/aromatic N) is 1. The SMILES string of the molecule is Cc1c(-c2ccc3c(c2)N=C(C2CCCCC2)c2ccccc2S3)[nH]c2ccccc12. The van der Waals surface area contributed by atoms with Crippen LogP contribution in [0, 0.1) is 12.8 Å². The van der Waals surface area contributed by atoms with Crippen molar-refractivity contribution < 1.29 is 0 Å². The van der Waals surface area contributed by atoms with E-state index < -0.39 is 0 Å². The quantitative estimate of drug-likeness (QED) is 0.346. The maximum Gasteiger partial charge on any atom is 0.0779 e. The molecule has 0 unspecified atom stereocenters. The van der Waals surface area contributed by atoms with Crippen LogP contribution in [-0.4, -0.2) is 10.7 Å². The molecule has 4 aromatic rings. The molecule has 1 fully saturated rings. The molecule has 1 saturated carbocycles. The molecular formula is C28H26N2S. The Labute approximate surface area is 187 Å². The molecule has 0 atom stereocenters. The Bertz CT molecular complexity index is 1310. The molecule has 0 bridgehead atoms. The number of fused-ring (bicyclic) bond motifs is 3. The van der Waals surface area contributed by atoms with E-state index in [-0.39, 0.29) is 0 Å². The third-order valence-corrected chi connectivity index (χ3v) is 7.97.